The van der Waals surface area contributed by atoms with Gasteiger partial charge in [0.05, 0.1) is 6.54 Å². The first-order valence-corrected chi connectivity index (χ1v) is 8.47. The van der Waals surface area contributed by atoms with Gasteiger partial charge in [-0.2, -0.15) is 0 Å². The van der Waals surface area contributed by atoms with Crippen LogP contribution in [0.15, 0.2) is 22.0 Å². The van der Waals surface area contributed by atoms with Crippen LogP contribution in [0.1, 0.15) is 31.0 Å². The molecule has 2 heterocycles. The van der Waals surface area contributed by atoms with Gasteiger partial charge in [-0.25, -0.2) is 9.97 Å². The third-order valence-corrected chi connectivity index (χ3v) is 4.69. The summed E-state index contributed by atoms with van der Waals surface area (Å²) in [7, 11) is 0. The van der Waals surface area contributed by atoms with Gasteiger partial charge >= 0.3 is 0 Å². The van der Waals surface area contributed by atoms with Crippen molar-refractivity contribution in [3.05, 3.63) is 32.7 Å². The van der Waals surface area contributed by atoms with Crippen molar-refractivity contribution in [1.29, 1.82) is 0 Å². The van der Waals surface area contributed by atoms with Crippen LogP contribution in [0.2, 0.25) is 0 Å². The second kappa shape index (κ2) is 7.59. The van der Waals surface area contributed by atoms with Crippen LogP contribution in [0.4, 0.5) is 11.6 Å². The zero-order valence-electron chi connectivity index (χ0n) is 11.7. The standard InChI is InChI=1S/C14H19BrN4S/c1-3-6-16-13-8-14(19-12(4-2)18-13)17-9-11-10(15)5-7-20-11/h5,7-8H,3-4,6,9H2,1-2H3,(H2,16,17,18,19). The molecule has 0 aliphatic heterocycles. The number of nitrogens with zero attached hydrogens (tertiary/aromatic N) is 2. The average molecular weight is 355 g/mol. The van der Waals surface area contributed by atoms with Gasteiger partial charge in [-0.15, -0.1) is 11.3 Å². The van der Waals surface area contributed by atoms with Crippen molar-refractivity contribution in [2.24, 2.45) is 0 Å². The third-order valence-electron chi connectivity index (χ3n) is 2.77. The number of halogens is 1. The normalized spacial score (nSPS) is 10.6. The van der Waals surface area contributed by atoms with E-state index in [1.807, 2.05) is 6.07 Å². The van der Waals surface area contributed by atoms with Crippen molar-refractivity contribution in [2.45, 2.75) is 33.2 Å². The van der Waals surface area contributed by atoms with Crippen molar-refractivity contribution in [3.8, 4) is 0 Å². The summed E-state index contributed by atoms with van der Waals surface area (Å²) in [5.41, 5.74) is 0. The molecule has 0 aliphatic rings. The van der Waals surface area contributed by atoms with E-state index in [2.05, 4.69) is 61.8 Å². The summed E-state index contributed by atoms with van der Waals surface area (Å²) in [6.07, 6.45) is 1.91. The first-order chi connectivity index (χ1) is 9.72. The van der Waals surface area contributed by atoms with Crippen molar-refractivity contribution >= 4 is 38.9 Å². The van der Waals surface area contributed by atoms with E-state index in [1.165, 1.54) is 4.88 Å². The number of hydrogen-bond acceptors (Lipinski definition) is 5. The molecule has 2 rings (SSSR count). The molecular weight excluding hydrogens is 336 g/mol. The number of hydrogen-bond donors (Lipinski definition) is 2. The molecule has 0 amide bonds. The summed E-state index contributed by atoms with van der Waals surface area (Å²) in [5.74, 6) is 2.63. The predicted molar refractivity (Wildman–Crippen MR) is 89.5 cm³/mol. The molecule has 0 unspecified atom stereocenters. The van der Waals surface area contributed by atoms with Crippen molar-refractivity contribution in [2.75, 3.05) is 17.2 Å². The molecule has 6 heteroatoms. The zero-order chi connectivity index (χ0) is 14.4. The fourth-order valence-corrected chi connectivity index (χ4v) is 3.14. The number of thiophene rings is 1. The molecular formula is C14H19BrN4S. The Kier molecular flexibility index (Phi) is 5.79. The molecule has 2 N–H and O–H groups in total. The molecule has 0 radical (unpaired) electrons. The second-order valence-electron chi connectivity index (χ2n) is 4.38. The minimum Gasteiger partial charge on any atom is -0.370 e. The van der Waals surface area contributed by atoms with E-state index in [0.717, 1.165) is 47.9 Å². The number of aryl methyl sites for hydroxylation is 1. The van der Waals surface area contributed by atoms with Crippen LogP contribution < -0.4 is 10.6 Å². The molecule has 2 aromatic heterocycles. The van der Waals surface area contributed by atoms with Gasteiger partial charge < -0.3 is 10.6 Å². The van der Waals surface area contributed by atoms with E-state index in [4.69, 9.17) is 0 Å². The minimum atomic E-state index is 0.769. The minimum absolute atomic E-state index is 0.769. The van der Waals surface area contributed by atoms with Crippen LogP contribution in [-0.4, -0.2) is 16.5 Å². The van der Waals surface area contributed by atoms with Crippen LogP contribution in [-0.2, 0) is 13.0 Å². The van der Waals surface area contributed by atoms with Gasteiger partial charge in [0.15, 0.2) is 0 Å². The molecule has 0 saturated carbocycles. The highest BCUT2D eigenvalue weighted by Crippen LogP contribution is 2.23. The Morgan fingerprint density at radius 2 is 1.95 bits per heavy atom. The van der Waals surface area contributed by atoms with Gasteiger partial charge in [0, 0.05) is 28.4 Å². The highest BCUT2D eigenvalue weighted by Gasteiger charge is 2.05. The van der Waals surface area contributed by atoms with E-state index in [0.29, 0.717) is 0 Å². The molecule has 0 fully saturated rings. The van der Waals surface area contributed by atoms with Crippen molar-refractivity contribution in [1.82, 2.24) is 9.97 Å². The van der Waals surface area contributed by atoms with Crippen LogP contribution in [0.5, 0.6) is 0 Å². The Labute approximate surface area is 132 Å². The summed E-state index contributed by atoms with van der Waals surface area (Å²) < 4.78 is 1.14. The monoisotopic (exact) mass is 354 g/mol. The quantitative estimate of drug-likeness (QED) is 0.778. The molecule has 20 heavy (non-hydrogen) atoms. The summed E-state index contributed by atoms with van der Waals surface area (Å²) in [6, 6.07) is 4.03. The molecule has 0 atom stereocenters. The highest BCUT2D eigenvalue weighted by atomic mass is 79.9. The first kappa shape index (κ1) is 15.3. The Morgan fingerprint density at radius 1 is 1.20 bits per heavy atom. The maximum absolute atomic E-state index is 4.52. The van der Waals surface area contributed by atoms with Crippen LogP contribution in [0, 0.1) is 0 Å². The van der Waals surface area contributed by atoms with Gasteiger partial charge in [-0.1, -0.05) is 13.8 Å². The molecule has 4 nitrogen and oxygen atoms in total. The third kappa shape index (κ3) is 4.18. The van der Waals surface area contributed by atoms with Gasteiger partial charge in [0.2, 0.25) is 0 Å². The Morgan fingerprint density at radius 3 is 2.55 bits per heavy atom. The Balaban J connectivity index is 2.07. The lowest BCUT2D eigenvalue weighted by molar-refractivity contribution is 0.913. The Bertz CT molecular complexity index is 556. The molecule has 2 aromatic rings. The predicted octanol–water partition coefficient (Wildman–Crippen LogP) is 4.30. The molecule has 108 valence electrons. The van der Waals surface area contributed by atoms with Gasteiger partial charge in [0.25, 0.3) is 0 Å². The molecule has 0 saturated heterocycles. The van der Waals surface area contributed by atoms with E-state index in [-0.39, 0.29) is 0 Å². The van der Waals surface area contributed by atoms with Gasteiger partial charge in [-0.3, -0.25) is 0 Å². The van der Waals surface area contributed by atoms with E-state index >= 15 is 0 Å². The van der Waals surface area contributed by atoms with E-state index < -0.39 is 0 Å². The lowest BCUT2D eigenvalue weighted by Gasteiger charge is -2.10. The summed E-state index contributed by atoms with van der Waals surface area (Å²) in [4.78, 5) is 10.3. The van der Waals surface area contributed by atoms with Gasteiger partial charge in [0.1, 0.15) is 17.5 Å². The highest BCUT2D eigenvalue weighted by molar-refractivity contribution is 9.10. The summed E-state index contributed by atoms with van der Waals surface area (Å²) in [5, 5.41) is 8.76. The molecule has 0 spiro atoms. The van der Waals surface area contributed by atoms with E-state index in [9.17, 15) is 0 Å². The fourth-order valence-electron chi connectivity index (χ4n) is 1.71. The maximum Gasteiger partial charge on any atom is 0.132 e. The smallest absolute Gasteiger partial charge is 0.132 e. The largest absolute Gasteiger partial charge is 0.370 e. The number of aromatic nitrogens is 2. The summed E-state index contributed by atoms with van der Waals surface area (Å²) >= 11 is 5.27. The maximum atomic E-state index is 4.52. The Hall–Kier alpha value is -1.14. The van der Waals surface area contributed by atoms with Crippen LogP contribution in [0.25, 0.3) is 0 Å². The first-order valence-electron chi connectivity index (χ1n) is 6.80. The zero-order valence-corrected chi connectivity index (χ0v) is 14.1. The SMILES string of the molecule is CCCNc1cc(NCc2sccc2Br)nc(CC)n1. The fraction of sp³-hybridized carbons (Fsp3) is 0.429. The van der Waals surface area contributed by atoms with Crippen molar-refractivity contribution in [3.63, 3.8) is 0 Å². The summed E-state index contributed by atoms with van der Waals surface area (Å²) in [6.45, 7) is 5.91. The van der Waals surface area contributed by atoms with Gasteiger partial charge in [-0.05, 0) is 33.8 Å². The van der Waals surface area contributed by atoms with Crippen LogP contribution in [0.3, 0.4) is 0 Å². The number of rotatable bonds is 7. The number of anilines is 2. The molecule has 0 aromatic carbocycles. The van der Waals surface area contributed by atoms with Crippen molar-refractivity contribution < 1.29 is 0 Å². The number of nitrogens with one attached hydrogen (secondary N) is 2. The molecule has 0 bridgehead atoms. The van der Waals surface area contributed by atoms with E-state index in [1.54, 1.807) is 11.3 Å². The van der Waals surface area contributed by atoms with Crippen LogP contribution >= 0.6 is 27.3 Å². The molecule has 0 aliphatic carbocycles. The lowest BCUT2D eigenvalue weighted by atomic mass is 10.4. The lowest BCUT2D eigenvalue weighted by Crippen LogP contribution is -2.08. The second-order valence-corrected chi connectivity index (χ2v) is 6.24. The topological polar surface area (TPSA) is 49.8 Å². The average Bonchev–Trinajstić information content (AvgIpc) is 2.88.